The van der Waals surface area contributed by atoms with Crippen molar-refractivity contribution in [3.63, 3.8) is 0 Å². The fraction of sp³-hybridized carbons (Fsp3) is 0.425. The molecule has 2 fully saturated rings. The average Bonchev–Trinajstić information content (AvgIpc) is 3.75. The fourth-order valence-corrected chi connectivity index (χ4v) is 8.73. The molecule has 7 rings (SSSR count). The normalized spacial score (nSPS) is 22.3. The van der Waals surface area contributed by atoms with Gasteiger partial charge >= 0.3 is 5.97 Å². The number of hydrogen-bond donors (Lipinski definition) is 0. The minimum Gasteiger partial charge on any atom is -0.497 e. The first-order valence-electron chi connectivity index (χ1n) is 18.0. The van der Waals surface area contributed by atoms with E-state index in [9.17, 15) is 24.0 Å². The third-order valence-corrected chi connectivity index (χ3v) is 11.7. The maximum absolute atomic E-state index is 14.9. The van der Waals surface area contributed by atoms with E-state index in [0.29, 0.717) is 84.8 Å². The quantitative estimate of drug-likeness (QED) is 0.143. The van der Waals surface area contributed by atoms with Crippen molar-refractivity contribution in [2.24, 2.45) is 11.8 Å². The van der Waals surface area contributed by atoms with Crippen LogP contribution in [0.2, 0.25) is 0 Å². The van der Waals surface area contributed by atoms with Crippen LogP contribution in [0.4, 0.5) is 0 Å². The third kappa shape index (κ3) is 7.10. The van der Waals surface area contributed by atoms with Crippen molar-refractivity contribution in [3.05, 3.63) is 86.9 Å². The Balaban J connectivity index is 1.20. The van der Waals surface area contributed by atoms with Crippen LogP contribution in [0.25, 0.3) is 0 Å². The lowest BCUT2D eigenvalue weighted by Crippen LogP contribution is -2.50. The summed E-state index contributed by atoms with van der Waals surface area (Å²) in [7, 11) is 3.10. The van der Waals surface area contributed by atoms with Gasteiger partial charge in [0.1, 0.15) is 30.0 Å². The van der Waals surface area contributed by atoms with Gasteiger partial charge in [-0.1, -0.05) is 40.9 Å². The predicted molar refractivity (Wildman–Crippen MR) is 196 cm³/mol. The van der Waals surface area contributed by atoms with Crippen LogP contribution in [0, 0.1) is 11.8 Å². The molecule has 3 heterocycles. The van der Waals surface area contributed by atoms with Crippen molar-refractivity contribution in [1.29, 1.82) is 0 Å². The van der Waals surface area contributed by atoms with Crippen molar-refractivity contribution >= 4 is 46.0 Å². The Bertz CT molecular complexity index is 1900. The van der Waals surface area contributed by atoms with Crippen LogP contribution in [0.3, 0.4) is 0 Å². The van der Waals surface area contributed by atoms with Crippen LogP contribution in [-0.4, -0.2) is 91.3 Å². The Hall–Kier alpha value is -4.91. The van der Waals surface area contributed by atoms with E-state index in [1.54, 1.807) is 59.4 Å². The van der Waals surface area contributed by atoms with Crippen LogP contribution in [-0.2, 0) is 32.1 Å². The van der Waals surface area contributed by atoms with E-state index in [1.165, 1.54) is 12.0 Å². The monoisotopic (exact) mass is 787 g/mol. The molecule has 4 amide bonds. The third-order valence-electron chi connectivity index (χ3n) is 11.0. The van der Waals surface area contributed by atoms with Gasteiger partial charge in [-0.15, -0.1) is 0 Å². The standard InChI is InChI=1S/C40H42BrN3O9/c1-50-25-12-11-24(35(19-25)51-2)22-52-40(49)30-10-6-5-9-29(30)37(46)43-18-16-31-32(41)13-14-34(53-26-15-17-42(20-26)23-45)36(31)33(43)21-44-38(47)27-7-3-4-8-28(27)39(44)48/h3-4,7-8,11-14,19,23,26,29-30,33H,5-6,9-10,15-18,20-22H2,1-2H3. The van der Waals surface area contributed by atoms with E-state index in [2.05, 4.69) is 15.9 Å². The predicted octanol–water partition coefficient (Wildman–Crippen LogP) is 5.35. The van der Waals surface area contributed by atoms with Crippen molar-refractivity contribution < 1.29 is 42.9 Å². The summed E-state index contributed by atoms with van der Waals surface area (Å²) in [5.74, 6) is -1.18. The van der Waals surface area contributed by atoms with Gasteiger partial charge in [0.05, 0.1) is 56.3 Å². The molecule has 278 valence electrons. The summed E-state index contributed by atoms with van der Waals surface area (Å²) in [6.45, 7) is 1.18. The highest BCUT2D eigenvalue weighted by Crippen LogP contribution is 2.44. The summed E-state index contributed by atoms with van der Waals surface area (Å²) < 4.78 is 24.0. The molecule has 3 aliphatic heterocycles. The first-order chi connectivity index (χ1) is 25.7. The zero-order valence-corrected chi connectivity index (χ0v) is 31.3. The van der Waals surface area contributed by atoms with E-state index >= 15 is 0 Å². The lowest BCUT2D eigenvalue weighted by molar-refractivity contribution is -0.159. The fourth-order valence-electron chi connectivity index (χ4n) is 8.19. The van der Waals surface area contributed by atoms with Gasteiger partial charge in [-0.3, -0.25) is 28.9 Å². The highest BCUT2D eigenvalue weighted by molar-refractivity contribution is 9.10. The molecule has 3 aromatic carbocycles. The number of halogens is 1. The first-order valence-corrected chi connectivity index (χ1v) is 18.8. The van der Waals surface area contributed by atoms with Gasteiger partial charge in [-0.2, -0.15) is 0 Å². The highest BCUT2D eigenvalue weighted by atomic mass is 79.9. The topological polar surface area (TPSA) is 132 Å². The van der Waals surface area contributed by atoms with E-state index < -0.39 is 35.7 Å². The van der Waals surface area contributed by atoms with Crippen LogP contribution in [0.1, 0.15) is 75.6 Å². The number of amides is 4. The Morgan fingerprint density at radius 2 is 1.62 bits per heavy atom. The Morgan fingerprint density at radius 3 is 2.30 bits per heavy atom. The summed E-state index contributed by atoms with van der Waals surface area (Å²) in [5, 5.41) is 0. The summed E-state index contributed by atoms with van der Waals surface area (Å²) in [6.07, 6.45) is 4.22. The van der Waals surface area contributed by atoms with Crippen molar-refractivity contribution in [2.45, 2.75) is 57.3 Å². The van der Waals surface area contributed by atoms with Crippen LogP contribution < -0.4 is 14.2 Å². The van der Waals surface area contributed by atoms with Crippen molar-refractivity contribution in [3.8, 4) is 17.2 Å². The number of benzene rings is 3. The number of hydrogen-bond acceptors (Lipinski definition) is 9. The Labute approximate surface area is 316 Å². The molecule has 4 unspecified atom stereocenters. The van der Waals surface area contributed by atoms with E-state index in [-0.39, 0.29) is 25.2 Å². The van der Waals surface area contributed by atoms with Gasteiger partial charge in [0.15, 0.2) is 0 Å². The SMILES string of the molecule is COc1ccc(COC(=O)C2CCCCC2C(=O)N2CCc3c(Br)ccc(OC4CCN(C=O)C4)c3C2CN2C(=O)c3ccccc3C2=O)c(OC)c1. The summed E-state index contributed by atoms with van der Waals surface area (Å²) >= 11 is 3.72. The van der Waals surface area contributed by atoms with E-state index in [1.807, 2.05) is 12.1 Å². The molecule has 1 aliphatic carbocycles. The van der Waals surface area contributed by atoms with E-state index in [4.69, 9.17) is 18.9 Å². The number of rotatable bonds is 11. The largest absolute Gasteiger partial charge is 0.497 e. The van der Waals surface area contributed by atoms with Crippen LogP contribution >= 0.6 is 15.9 Å². The number of carbonyl (C=O) groups excluding carboxylic acids is 5. The molecule has 4 aliphatic rings. The zero-order valence-electron chi connectivity index (χ0n) is 29.8. The minimum absolute atomic E-state index is 0.0275. The van der Waals surface area contributed by atoms with Gasteiger partial charge in [-0.05, 0) is 61.2 Å². The number of ether oxygens (including phenoxy) is 4. The van der Waals surface area contributed by atoms with Gasteiger partial charge in [0.25, 0.3) is 11.8 Å². The second-order valence-corrected chi connectivity index (χ2v) is 14.8. The van der Waals surface area contributed by atoms with Gasteiger partial charge in [0, 0.05) is 41.2 Å². The molecule has 1 saturated heterocycles. The minimum atomic E-state index is -0.758. The Kier molecular flexibility index (Phi) is 10.7. The molecule has 0 radical (unpaired) electrons. The highest BCUT2D eigenvalue weighted by Gasteiger charge is 2.46. The zero-order chi connectivity index (χ0) is 37.2. The summed E-state index contributed by atoms with van der Waals surface area (Å²) in [6, 6.07) is 15.0. The first kappa shape index (κ1) is 36.4. The van der Waals surface area contributed by atoms with Gasteiger partial charge < -0.3 is 28.7 Å². The molecule has 3 aromatic rings. The number of likely N-dealkylation sites (tertiary alicyclic amines) is 1. The molecule has 13 heteroatoms. The lowest BCUT2D eigenvalue weighted by Gasteiger charge is -2.43. The van der Waals surface area contributed by atoms with Crippen LogP contribution in [0.5, 0.6) is 17.2 Å². The lowest BCUT2D eigenvalue weighted by atomic mass is 9.77. The summed E-state index contributed by atoms with van der Waals surface area (Å²) in [5.41, 5.74) is 2.94. The van der Waals surface area contributed by atoms with E-state index in [0.717, 1.165) is 29.3 Å². The van der Waals surface area contributed by atoms with Gasteiger partial charge in [-0.25, -0.2) is 0 Å². The maximum atomic E-state index is 14.9. The maximum Gasteiger partial charge on any atom is 0.310 e. The number of esters is 1. The second kappa shape index (κ2) is 15.6. The number of methoxy groups -OCH3 is 2. The smallest absolute Gasteiger partial charge is 0.310 e. The Morgan fingerprint density at radius 1 is 0.887 bits per heavy atom. The molecule has 0 spiro atoms. The van der Waals surface area contributed by atoms with Gasteiger partial charge in [0.2, 0.25) is 12.3 Å². The molecule has 1 saturated carbocycles. The average molecular weight is 789 g/mol. The molecule has 12 nitrogen and oxygen atoms in total. The number of carbonyl (C=O) groups is 5. The second-order valence-electron chi connectivity index (χ2n) is 13.9. The molecule has 0 aromatic heterocycles. The van der Waals surface area contributed by atoms with Crippen LogP contribution in [0.15, 0.2) is 59.1 Å². The molecule has 0 N–H and O–H groups in total. The molecule has 53 heavy (non-hydrogen) atoms. The molecular formula is C40H42BrN3O9. The summed E-state index contributed by atoms with van der Waals surface area (Å²) in [4.78, 5) is 72.3. The number of fused-ring (bicyclic) bond motifs is 2. The number of nitrogens with zero attached hydrogens (tertiary/aromatic N) is 3. The van der Waals surface area contributed by atoms with Crippen molar-refractivity contribution in [1.82, 2.24) is 14.7 Å². The molecular weight excluding hydrogens is 746 g/mol. The molecule has 0 bridgehead atoms. The number of imide groups is 1. The van der Waals surface area contributed by atoms with Crippen molar-refractivity contribution in [2.75, 3.05) is 40.4 Å². The molecule has 4 atom stereocenters.